The maximum atomic E-state index is 12.4. The van der Waals surface area contributed by atoms with Crippen molar-refractivity contribution >= 4 is 42.4 Å². The second kappa shape index (κ2) is 9.15. The summed E-state index contributed by atoms with van der Waals surface area (Å²) in [6.07, 6.45) is 2.12. The number of nitrogens with one attached hydrogen (secondary N) is 1. The lowest BCUT2D eigenvalue weighted by molar-refractivity contribution is -0.116. The van der Waals surface area contributed by atoms with E-state index in [1.165, 1.54) is 13.8 Å². The van der Waals surface area contributed by atoms with Crippen molar-refractivity contribution in [3.63, 3.8) is 0 Å². The van der Waals surface area contributed by atoms with Crippen LogP contribution in [0.1, 0.15) is 31.4 Å². The third-order valence-corrected chi connectivity index (χ3v) is 7.14. The van der Waals surface area contributed by atoms with Crippen molar-refractivity contribution in [3.8, 4) is 11.3 Å². The van der Waals surface area contributed by atoms with Gasteiger partial charge in [-0.1, -0.05) is 40.5 Å². The molecule has 0 unspecified atom stereocenters. The Bertz CT molecular complexity index is 1120. The summed E-state index contributed by atoms with van der Waals surface area (Å²) in [5, 5.41) is 6.20. The molecule has 0 aliphatic rings. The molecular formula is C21H21Cl2N2O5P. The van der Waals surface area contributed by atoms with E-state index < -0.39 is 12.8 Å². The minimum absolute atomic E-state index is 0.179. The number of hydrogen-bond donors (Lipinski definition) is 3. The standard InChI is InChI=1S/C21H21Cl2N2O5P/c1-21(2,31(27,28)29)15-4-6-18(7-5-15)25-19(26)8-3-13-12-24-30-20(13)14-9-16(22)11-17(23)10-14/h4-7,9-12H,3,8H2,1-2H3,(H,25,26)(H2,27,28,29). The maximum absolute atomic E-state index is 12.4. The smallest absolute Gasteiger partial charge is 0.335 e. The van der Waals surface area contributed by atoms with Crippen LogP contribution in [-0.4, -0.2) is 20.9 Å². The van der Waals surface area contributed by atoms with Crippen LogP contribution in [0.25, 0.3) is 11.3 Å². The van der Waals surface area contributed by atoms with Crippen LogP contribution in [0, 0.1) is 0 Å². The van der Waals surface area contributed by atoms with E-state index in [4.69, 9.17) is 27.7 Å². The van der Waals surface area contributed by atoms with Crippen molar-refractivity contribution in [3.05, 3.63) is 69.8 Å². The number of aryl methyl sites for hydroxylation is 1. The monoisotopic (exact) mass is 482 g/mol. The number of carbonyl (C=O) groups excluding carboxylic acids is 1. The molecule has 164 valence electrons. The zero-order valence-electron chi connectivity index (χ0n) is 16.8. The Hall–Kier alpha value is -2.15. The molecule has 3 aromatic rings. The number of carbonyl (C=O) groups is 1. The SMILES string of the molecule is CC(C)(c1ccc(NC(=O)CCc2cnoc2-c2cc(Cl)cc(Cl)c2)cc1)P(=O)(O)O. The van der Waals surface area contributed by atoms with Crippen molar-refractivity contribution in [2.75, 3.05) is 5.32 Å². The number of benzene rings is 2. The van der Waals surface area contributed by atoms with Crippen LogP contribution in [0.15, 0.2) is 53.2 Å². The van der Waals surface area contributed by atoms with E-state index in [0.717, 1.165) is 5.56 Å². The van der Waals surface area contributed by atoms with Gasteiger partial charge in [-0.25, -0.2) is 0 Å². The molecule has 10 heteroatoms. The summed E-state index contributed by atoms with van der Waals surface area (Å²) in [4.78, 5) is 31.4. The van der Waals surface area contributed by atoms with Crippen molar-refractivity contribution in [1.82, 2.24) is 5.16 Å². The largest absolute Gasteiger partial charge is 0.356 e. The number of anilines is 1. The molecule has 0 radical (unpaired) electrons. The molecule has 0 atom stereocenters. The van der Waals surface area contributed by atoms with Crippen molar-refractivity contribution < 1.29 is 23.7 Å². The van der Waals surface area contributed by atoms with E-state index >= 15 is 0 Å². The normalized spacial score (nSPS) is 12.1. The van der Waals surface area contributed by atoms with Crippen molar-refractivity contribution in [2.24, 2.45) is 0 Å². The van der Waals surface area contributed by atoms with E-state index in [2.05, 4.69) is 10.5 Å². The van der Waals surface area contributed by atoms with Gasteiger partial charge < -0.3 is 19.6 Å². The van der Waals surface area contributed by atoms with Crippen LogP contribution in [0.5, 0.6) is 0 Å². The quantitative estimate of drug-likeness (QED) is 0.376. The van der Waals surface area contributed by atoms with Gasteiger partial charge in [-0.3, -0.25) is 9.36 Å². The number of aromatic nitrogens is 1. The van der Waals surface area contributed by atoms with Gasteiger partial charge in [0.05, 0.1) is 11.4 Å². The Kier molecular flexibility index (Phi) is 6.94. The van der Waals surface area contributed by atoms with Gasteiger partial charge in [0.2, 0.25) is 5.91 Å². The highest BCUT2D eigenvalue weighted by Crippen LogP contribution is 2.56. The second-order valence-electron chi connectivity index (χ2n) is 7.57. The number of rotatable bonds is 7. The summed E-state index contributed by atoms with van der Waals surface area (Å²) in [6, 6.07) is 11.4. The van der Waals surface area contributed by atoms with E-state index in [-0.39, 0.29) is 12.3 Å². The highest BCUT2D eigenvalue weighted by molar-refractivity contribution is 7.53. The van der Waals surface area contributed by atoms with Crippen LogP contribution >= 0.6 is 30.8 Å². The maximum Gasteiger partial charge on any atom is 0.335 e. The molecule has 2 aromatic carbocycles. The average Bonchev–Trinajstić information content (AvgIpc) is 3.14. The third-order valence-electron chi connectivity index (χ3n) is 4.99. The molecule has 3 N–H and O–H groups in total. The summed E-state index contributed by atoms with van der Waals surface area (Å²) < 4.78 is 17.0. The molecule has 0 aliphatic carbocycles. The first-order valence-electron chi connectivity index (χ1n) is 9.33. The fraction of sp³-hybridized carbons (Fsp3) is 0.238. The van der Waals surface area contributed by atoms with E-state index in [0.29, 0.717) is 39.0 Å². The molecule has 7 nitrogen and oxygen atoms in total. The highest BCUT2D eigenvalue weighted by Gasteiger charge is 2.39. The van der Waals surface area contributed by atoms with Crippen molar-refractivity contribution in [2.45, 2.75) is 31.8 Å². The van der Waals surface area contributed by atoms with Gasteiger partial charge in [0.25, 0.3) is 0 Å². The summed E-state index contributed by atoms with van der Waals surface area (Å²) in [5.41, 5.74) is 2.43. The van der Waals surface area contributed by atoms with E-state index in [1.54, 1.807) is 48.7 Å². The average molecular weight is 483 g/mol. The van der Waals surface area contributed by atoms with Crippen LogP contribution in [0.4, 0.5) is 5.69 Å². The molecule has 1 aromatic heterocycles. The Morgan fingerprint density at radius 3 is 2.32 bits per heavy atom. The molecule has 0 bridgehead atoms. The second-order valence-corrected chi connectivity index (χ2v) is 10.6. The van der Waals surface area contributed by atoms with Crippen LogP contribution < -0.4 is 5.32 Å². The Morgan fingerprint density at radius 1 is 1.13 bits per heavy atom. The fourth-order valence-corrected chi connectivity index (χ4v) is 3.97. The molecule has 31 heavy (non-hydrogen) atoms. The first-order valence-corrected chi connectivity index (χ1v) is 11.7. The molecule has 0 aliphatic heterocycles. The van der Waals surface area contributed by atoms with Gasteiger partial charge in [0.1, 0.15) is 0 Å². The van der Waals surface area contributed by atoms with Gasteiger partial charge in [0.15, 0.2) is 5.76 Å². The molecule has 0 saturated carbocycles. The highest BCUT2D eigenvalue weighted by atomic mass is 35.5. The van der Waals surface area contributed by atoms with Gasteiger partial charge in [-0.05, 0) is 56.2 Å². The van der Waals surface area contributed by atoms with Crippen molar-refractivity contribution in [1.29, 1.82) is 0 Å². The van der Waals surface area contributed by atoms with Gasteiger partial charge in [-0.2, -0.15) is 0 Å². The van der Waals surface area contributed by atoms with E-state index in [1.807, 2.05) is 0 Å². The molecule has 0 saturated heterocycles. The van der Waals surface area contributed by atoms with Crippen LogP contribution in [0.2, 0.25) is 10.0 Å². The molecule has 0 fully saturated rings. The molecule has 3 rings (SSSR count). The number of nitrogens with zero attached hydrogens (tertiary/aromatic N) is 1. The topological polar surface area (TPSA) is 113 Å². The van der Waals surface area contributed by atoms with Gasteiger partial charge >= 0.3 is 7.60 Å². The number of halogens is 2. The first kappa shape index (κ1) is 23.5. The van der Waals surface area contributed by atoms with Gasteiger partial charge in [-0.15, -0.1) is 0 Å². The lowest BCUT2D eigenvalue weighted by Crippen LogP contribution is -2.17. The fourth-order valence-electron chi connectivity index (χ4n) is 2.96. The predicted molar refractivity (Wildman–Crippen MR) is 120 cm³/mol. The summed E-state index contributed by atoms with van der Waals surface area (Å²) in [5.74, 6) is 0.277. The minimum atomic E-state index is -4.33. The Morgan fingerprint density at radius 2 is 1.74 bits per heavy atom. The van der Waals surface area contributed by atoms with Crippen LogP contribution in [0.3, 0.4) is 0 Å². The number of hydrogen-bond acceptors (Lipinski definition) is 4. The first-order chi connectivity index (χ1) is 14.5. The Balaban J connectivity index is 1.64. The molecular weight excluding hydrogens is 462 g/mol. The molecule has 0 spiro atoms. The number of amides is 1. The lowest BCUT2D eigenvalue weighted by Gasteiger charge is -2.26. The minimum Gasteiger partial charge on any atom is -0.356 e. The Labute approximate surface area is 189 Å². The summed E-state index contributed by atoms with van der Waals surface area (Å²) >= 11 is 12.1. The summed E-state index contributed by atoms with van der Waals surface area (Å²) in [6.45, 7) is 2.95. The molecule has 1 heterocycles. The summed E-state index contributed by atoms with van der Waals surface area (Å²) in [7, 11) is -4.33. The van der Waals surface area contributed by atoms with E-state index in [9.17, 15) is 19.1 Å². The zero-order valence-corrected chi connectivity index (χ0v) is 19.2. The third kappa shape index (κ3) is 5.56. The van der Waals surface area contributed by atoms with Gasteiger partial charge in [0, 0.05) is 33.3 Å². The van der Waals surface area contributed by atoms with Crippen LogP contribution in [-0.2, 0) is 20.9 Å². The zero-order chi connectivity index (χ0) is 22.8. The molecule has 1 amide bonds. The lowest BCUT2D eigenvalue weighted by atomic mass is 10.0. The predicted octanol–water partition coefficient (Wildman–Crippen LogP) is 5.63.